The number of amides is 1. The number of carboxylic acids is 1. The molecule has 0 unspecified atom stereocenters. The number of fused-ring (bicyclic) bond motifs is 1. The lowest BCUT2D eigenvalue weighted by Crippen LogP contribution is -2.51. The van der Waals surface area contributed by atoms with Gasteiger partial charge in [-0.05, 0) is 24.0 Å². The van der Waals surface area contributed by atoms with E-state index in [1.54, 1.807) is 4.90 Å². The number of carboxylic acid groups (broad SMARTS) is 1. The van der Waals surface area contributed by atoms with E-state index < -0.39 is 12.0 Å². The molecule has 1 fully saturated rings. The number of benzene rings is 1. The summed E-state index contributed by atoms with van der Waals surface area (Å²) in [5.41, 5.74) is 2.08. The average Bonchev–Trinajstić information content (AvgIpc) is 2.53. The van der Waals surface area contributed by atoms with Crippen LogP contribution in [0.15, 0.2) is 24.3 Å². The summed E-state index contributed by atoms with van der Waals surface area (Å²) in [6, 6.07) is 7.00. The zero-order valence-corrected chi connectivity index (χ0v) is 11.8. The summed E-state index contributed by atoms with van der Waals surface area (Å²) in [6.45, 7) is 1.56. The second-order valence-corrected chi connectivity index (χ2v) is 5.68. The first kappa shape index (κ1) is 14.1. The topological polar surface area (TPSA) is 66.8 Å². The van der Waals surface area contributed by atoms with Crippen LogP contribution in [0.5, 0.6) is 0 Å². The van der Waals surface area contributed by atoms with Crippen LogP contribution >= 0.6 is 0 Å². The van der Waals surface area contributed by atoms with E-state index in [-0.39, 0.29) is 11.8 Å². The molecule has 21 heavy (non-hydrogen) atoms. The molecule has 0 spiro atoms. The molecule has 2 aliphatic heterocycles. The minimum Gasteiger partial charge on any atom is -0.480 e. The molecule has 1 saturated heterocycles. The quantitative estimate of drug-likeness (QED) is 0.895. The van der Waals surface area contributed by atoms with E-state index in [1.807, 2.05) is 24.3 Å². The third-order valence-corrected chi connectivity index (χ3v) is 4.39. The van der Waals surface area contributed by atoms with Crippen molar-refractivity contribution < 1.29 is 19.4 Å². The zero-order valence-electron chi connectivity index (χ0n) is 11.8. The molecule has 1 amide bonds. The molecule has 0 bridgehead atoms. The Morgan fingerprint density at radius 2 is 1.81 bits per heavy atom. The van der Waals surface area contributed by atoms with Crippen molar-refractivity contribution in [3.63, 3.8) is 0 Å². The zero-order chi connectivity index (χ0) is 14.8. The molecule has 0 aliphatic carbocycles. The number of carbonyl (C=O) groups excluding carboxylic acids is 1. The Morgan fingerprint density at radius 1 is 1.14 bits per heavy atom. The van der Waals surface area contributed by atoms with E-state index in [1.165, 1.54) is 0 Å². The molecular weight excluding hydrogens is 270 g/mol. The van der Waals surface area contributed by atoms with Gasteiger partial charge < -0.3 is 14.7 Å². The van der Waals surface area contributed by atoms with Crippen LogP contribution in [0.2, 0.25) is 0 Å². The minimum absolute atomic E-state index is 0.0415. The lowest BCUT2D eigenvalue weighted by atomic mass is 9.91. The highest BCUT2D eigenvalue weighted by Crippen LogP contribution is 2.27. The van der Waals surface area contributed by atoms with Gasteiger partial charge >= 0.3 is 5.97 Å². The van der Waals surface area contributed by atoms with Crippen LogP contribution in [0.25, 0.3) is 0 Å². The number of nitrogens with zero attached hydrogens (tertiary/aromatic N) is 1. The lowest BCUT2D eigenvalue weighted by molar-refractivity contribution is -0.154. The summed E-state index contributed by atoms with van der Waals surface area (Å²) in [4.78, 5) is 25.8. The van der Waals surface area contributed by atoms with Crippen molar-refractivity contribution >= 4 is 11.9 Å². The van der Waals surface area contributed by atoms with Gasteiger partial charge in [0.15, 0.2) is 0 Å². The maximum Gasteiger partial charge on any atom is 0.326 e. The van der Waals surface area contributed by atoms with Crippen molar-refractivity contribution in [1.82, 2.24) is 4.90 Å². The lowest BCUT2D eigenvalue weighted by Gasteiger charge is -2.37. The summed E-state index contributed by atoms with van der Waals surface area (Å²) in [7, 11) is 0. The fourth-order valence-electron chi connectivity index (χ4n) is 3.15. The van der Waals surface area contributed by atoms with Gasteiger partial charge in [-0.2, -0.15) is 0 Å². The fourth-order valence-corrected chi connectivity index (χ4v) is 3.15. The van der Waals surface area contributed by atoms with Gasteiger partial charge in [0.2, 0.25) is 5.91 Å². The molecule has 1 atom stereocenters. The highest BCUT2D eigenvalue weighted by molar-refractivity contribution is 5.86. The Morgan fingerprint density at radius 3 is 2.48 bits per heavy atom. The second kappa shape index (κ2) is 5.85. The Labute approximate surface area is 123 Å². The van der Waals surface area contributed by atoms with Gasteiger partial charge in [0.25, 0.3) is 0 Å². The summed E-state index contributed by atoms with van der Waals surface area (Å²) >= 11 is 0. The fraction of sp³-hybridized carbons (Fsp3) is 0.500. The van der Waals surface area contributed by atoms with Crippen LogP contribution in [0.1, 0.15) is 24.0 Å². The molecule has 1 aromatic carbocycles. The largest absolute Gasteiger partial charge is 0.480 e. The second-order valence-electron chi connectivity index (χ2n) is 5.68. The Kier molecular flexibility index (Phi) is 3.92. The molecule has 0 aromatic heterocycles. The van der Waals surface area contributed by atoms with Crippen LogP contribution < -0.4 is 0 Å². The molecule has 2 aliphatic rings. The third kappa shape index (κ3) is 2.78. The van der Waals surface area contributed by atoms with E-state index in [0.717, 1.165) is 11.1 Å². The van der Waals surface area contributed by atoms with Gasteiger partial charge in [-0.3, -0.25) is 4.79 Å². The number of ether oxygens (including phenoxy) is 1. The van der Waals surface area contributed by atoms with Gasteiger partial charge in [0, 0.05) is 32.1 Å². The van der Waals surface area contributed by atoms with Crippen molar-refractivity contribution in [3.8, 4) is 0 Å². The first-order valence-corrected chi connectivity index (χ1v) is 7.34. The van der Waals surface area contributed by atoms with Gasteiger partial charge in [-0.25, -0.2) is 4.79 Å². The smallest absolute Gasteiger partial charge is 0.326 e. The van der Waals surface area contributed by atoms with E-state index in [2.05, 4.69) is 0 Å². The summed E-state index contributed by atoms with van der Waals surface area (Å²) < 4.78 is 5.28. The summed E-state index contributed by atoms with van der Waals surface area (Å²) in [5.74, 6) is -1.07. The maximum absolute atomic E-state index is 12.7. The molecule has 112 valence electrons. The normalized spacial score (nSPS) is 22.7. The monoisotopic (exact) mass is 289 g/mol. The molecule has 0 radical (unpaired) electrons. The minimum atomic E-state index is -0.926. The number of hydrogen-bond acceptors (Lipinski definition) is 3. The van der Waals surface area contributed by atoms with Gasteiger partial charge in [0.05, 0.1) is 0 Å². The number of carbonyl (C=O) groups is 2. The summed E-state index contributed by atoms with van der Waals surface area (Å²) in [6.07, 6.45) is 1.76. The van der Waals surface area contributed by atoms with Crippen molar-refractivity contribution in [1.29, 1.82) is 0 Å². The van der Waals surface area contributed by atoms with Crippen LogP contribution in [0, 0.1) is 5.92 Å². The van der Waals surface area contributed by atoms with Crippen molar-refractivity contribution in [3.05, 3.63) is 35.4 Å². The number of hydrogen-bond donors (Lipinski definition) is 1. The Bertz CT molecular complexity index is 551. The third-order valence-electron chi connectivity index (χ3n) is 4.39. The van der Waals surface area contributed by atoms with Crippen LogP contribution in [-0.2, 0) is 27.3 Å². The molecular formula is C16H19NO4. The van der Waals surface area contributed by atoms with Crippen molar-refractivity contribution in [2.75, 3.05) is 13.2 Å². The number of rotatable bonds is 2. The maximum atomic E-state index is 12.7. The first-order chi connectivity index (χ1) is 10.2. The molecule has 5 nitrogen and oxygen atoms in total. The molecule has 2 heterocycles. The Hall–Kier alpha value is -1.88. The predicted octanol–water partition coefficient (Wildman–Crippen LogP) is 1.45. The van der Waals surface area contributed by atoms with Crippen LogP contribution in [0.3, 0.4) is 0 Å². The molecule has 0 saturated carbocycles. The van der Waals surface area contributed by atoms with E-state index >= 15 is 0 Å². The van der Waals surface area contributed by atoms with Crippen LogP contribution in [-0.4, -0.2) is 41.1 Å². The highest BCUT2D eigenvalue weighted by Gasteiger charge is 2.37. The van der Waals surface area contributed by atoms with Gasteiger partial charge in [-0.1, -0.05) is 24.3 Å². The van der Waals surface area contributed by atoms with E-state index in [0.29, 0.717) is 39.0 Å². The molecule has 1 aromatic rings. The van der Waals surface area contributed by atoms with E-state index in [4.69, 9.17) is 4.74 Å². The number of aliphatic carboxylic acids is 1. The highest BCUT2D eigenvalue weighted by atomic mass is 16.5. The van der Waals surface area contributed by atoms with Crippen molar-refractivity contribution in [2.24, 2.45) is 5.92 Å². The molecule has 3 rings (SSSR count). The van der Waals surface area contributed by atoms with Gasteiger partial charge in [-0.15, -0.1) is 0 Å². The van der Waals surface area contributed by atoms with Crippen molar-refractivity contribution in [2.45, 2.75) is 31.8 Å². The standard InChI is InChI=1S/C16H19NO4/c18-15(11-5-7-21-8-6-11)17-10-13-4-2-1-3-12(13)9-14(17)16(19)20/h1-4,11,14H,5-10H2,(H,19,20)/t14-/m0/s1. The first-order valence-electron chi connectivity index (χ1n) is 7.34. The SMILES string of the molecule is O=C(O)[C@@H]1Cc2ccccc2CN1C(=O)C1CCOCC1. The average molecular weight is 289 g/mol. The molecule has 5 heteroatoms. The Balaban J connectivity index is 1.85. The van der Waals surface area contributed by atoms with Gasteiger partial charge in [0.1, 0.15) is 6.04 Å². The summed E-state index contributed by atoms with van der Waals surface area (Å²) in [5, 5.41) is 9.46. The predicted molar refractivity (Wildman–Crippen MR) is 75.7 cm³/mol. The molecule has 1 N–H and O–H groups in total. The van der Waals surface area contributed by atoms with Crippen LogP contribution in [0.4, 0.5) is 0 Å². The van der Waals surface area contributed by atoms with E-state index in [9.17, 15) is 14.7 Å².